The first-order valence-electron chi connectivity index (χ1n) is 4.03. The van der Waals surface area contributed by atoms with Crippen molar-refractivity contribution in [3.05, 3.63) is 33.8 Å². The highest BCUT2D eigenvalue weighted by Crippen LogP contribution is 2.20. The Morgan fingerprint density at radius 1 is 1.47 bits per heavy atom. The number of hydrogen-bond donors (Lipinski definition) is 2. The molecule has 0 saturated carbocycles. The second-order valence-electron chi connectivity index (χ2n) is 3.00. The van der Waals surface area contributed by atoms with E-state index in [1.54, 1.807) is 0 Å². The van der Waals surface area contributed by atoms with Crippen LogP contribution in [0.2, 0.25) is 0 Å². The number of aliphatic carboxylic acids is 1. The van der Waals surface area contributed by atoms with E-state index in [-0.39, 0.29) is 16.5 Å². The maximum atomic E-state index is 13.2. The Kier molecular flexibility index (Phi) is 3.76. The Morgan fingerprint density at radius 3 is 2.33 bits per heavy atom. The molecule has 1 atom stereocenters. The molecule has 3 nitrogen and oxygen atoms in total. The summed E-state index contributed by atoms with van der Waals surface area (Å²) in [6.45, 7) is 0. The predicted octanol–water partition coefficient (Wildman–Crippen LogP) is 1.68. The van der Waals surface area contributed by atoms with E-state index in [0.717, 1.165) is 12.1 Å². The van der Waals surface area contributed by atoms with Gasteiger partial charge in [0.25, 0.3) is 0 Å². The van der Waals surface area contributed by atoms with Gasteiger partial charge in [0.1, 0.15) is 17.7 Å². The average Bonchev–Trinajstić information content (AvgIpc) is 2.10. The van der Waals surface area contributed by atoms with Gasteiger partial charge in [0.15, 0.2) is 0 Å². The molecule has 0 heterocycles. The number of carbonyl (C=O) groups is 1. The Balaban J connectivity index is 3.00. The molecule has 15 heavy (non-hydrogen) atoms. The van der Waals surface area contributed by atoms with Crippen LogP contribution in [-0.2, 0) is 11.2 Å². The molecule has 1 rings (SSSR count). The van der Waals surface area contributed by atoms with E-state index in [1.807, 2.05) is 0 Å². The Hall–Kier alpha value is -1.01. The molecule has 82 valence electrons. The monoisotopic (exact) mass is 279 g/mol. The largest absolute Gasteiger partial charge is 0.480 e. The minimum atomic E-state index is -1.31. The quantitative estimate of drug-likeness (QED) is 0.885. The van der Waals surface area contributed by atoms with Gasteiger partial charge in [0.2, 0.25) is 0 Å². The van der Waals surface area contributed by atoms with E-state index in [4.69, 9.17) is 10.8 Å². The van der Waals surface area contributed by atoms with E-state index in [9.17, 15) is 13.6 Å². The number of benzene rings is 1. The van der Waals surface area contributed by atoms with Crippen molar-refractivity contribution in [1.29, 1.82) is 0 Å². The molecule has 0 amide bonds. The molecule has 0 aliphatic rings. The van der Waals surface area contributed by atoms with E-state index >= 15 is 0 Å². The van der Waals surface area contributed by atoms with Crippen LogP contribution < -0.4 is 5.73 Å². The molecule has 0 aliphatic heterocycles. The van der Waals surface area contributed by atoms with Crippen LogP contribution >= 0.6 is 15.9 Å². The van der Waals surface area contributed by atoms with Gasteiger partial charge < -0.3 is 10.8 Å². The first-order chi connectivity index (χ1) is 6.91. The summed E-state index contributed by atoms with van der Waals surface area (Å²) in [5, 5.41) is 8.50. The molecule has 0 aromatic heterocycles. The Morgan fingerprint density at radius 2 is 1.93 bits per heavy atom. The van der Waals surface area contributed by atoms with Crippen LogP contribution in [0.25, 0.3) is 0 Å². The lowest BCUT2D eigenvalue weighted by molar-refractivity contribution is -0.138. The highest BCUT2D eigenvalue weighted by molar-refractivity contribution is 9.10. The lowest BCUT2D eigenvalue weighted by atomic mass is 10.1. The van der Waals surface area contributed by atoms with Crippen LogP contribution in [-0.4, -0.2) is 17.1 Å². The van der Waals surface area contributed by atoms with Crippen molar-refractivity contribution in [2.75, 3.05) is 0 Å². The fraction of sp³-hybridized carbons (Fsp3) is 0.222. The molecular formula is C9H8BrF2NO2. The van der Waals surface area contributed by atoms with Crippen LogP contribution in [0.5, 0.6) is 0 Å². The van der Waals surface area contributed by atoms with Crippen molar-refractivity contribution in [3.8, 4) is 0 Å². The van der Waals surface area contributed by atoms with Gasteiger partial charge in [0, 0.05) is 16.5 Å². The number of carboxylic acids is 1. The van der Waals surface area contributed by atoms with Crippen LogP contribution in [0.15, 0.2) is 16.6 Å². The molecule has 1 aromatic carbocycles. The Bertz CT molecular complexity index is 375. The molecule has 0 radical (unpaired) electrons. The second kappa shape index (κ2) is 4.67. The topological polar surface area (TPSA) is 63.3 Å². The molecule has 0 fully saturated rings. The summed E-state index contributed by atoms with van der Waals surface area (Å²) in [7, 11) is 0. The second-order valence-corrected chi connectivity index (χ2v) is 3.91. The van der Waals surface area contributed by atoms with Crippen LogP contribution in [0.1, 0.15) is 5.56 Å². The van der Waals surface area contributed by atoms with Crippen LogP contribution in [0, 0.1) is 11.6 Å². The zero-order valence-electron chi connectivity index (χ0n) is 7.51. The number of halogens is 3. The highest BCUT2D eigenvalue weighted by atomic mass is 79.9. The van der Waals surface area contributed by atoms with Crippen molar-refractivity contribution in [1.82, 2.24) is 0 Å². The number of rotatable bonds is 3. The van der Waals surface area contributed by atoms with Crippen LogP contribution in [0.4, 0.5) is 8.78 Å². The highest BCUT2D eigenvalue weighted by Gasteiger charge is 2.18. The lowest BCUT2D eigenvalue weighted by Crippen LogP contribution is -2.32. The first-order valence-corrected chi connectivity index (χ1v) is 4.83. The van der Waals surface area contributed by atoms with Crippen molar-refractivity contribution >= 4 is 21.9 Å². The first kappa shape index (κ1) is 12.1. The van der Waals surface area contributed by atoms with Gasteiger partial charge >= 0.3 is 5.97 Å². The molecule has 0 spiro atoms. The van der Waals surface area contributed by atoms with Crippen molar-refractivity contribution in [3.63, 3.8) is 0 Å². The van der Waals surface area contributed by atoms with Crippen molar-refractivity contribution in [2.45, 2.75) is 12.5 Å². The molecule has 0 bridgehead atoms. The van der Waals surface area contributed by atoms with Gasteiger partial charge in [-0.15, -0.1) is 0 Å². The van der Waals surface area contributed by atoms with Gasteiger partial charge in [-0.05, 0) is 12.1 Å². The Labute approximate surface area is 93.0 Å². The third kappa shape index (κ3) is 2.97. The maximum Gasteiger partial charge on any atom is 0.320 e. The lowest BCUT2D eigenvalue weighted by Gasteiger charge is -2.08. The fourth-order valence-electron chi connectivity index (χ4n) is 1.07. The third-order valence-electron chi connectivity index (χ3n) is 1.85. The van der Waals surface area contributed by atoms with E-state index in [1.165, 1.54) is 0 Å². The van der Waals surface area contributed by atoms with E-state index in [2.05, 4.69) is 15.9 Å². The summed E-state index contributed by atoms with van der Waals surface area (Å²) >= 11 is 2.91. The van der Waals surface area contributed by atoms with Crippen molar-refractivity contribution < 1.29 is 18.7 Å². The number of hydrogen-bond acceptors (Lipinski definition) is 2. The summed E-state index contributed by atoms with van der Waals surface area (Å²) in [6.07, 6.45) is -0.375. The predicted molar refractivity (Wildman–Crippen MR) is 53.4 cm³/mol. The summed E-state index contributed by atoms with van der Waals surface area (Å²) in [6, 6.07) is 0.815. The minimum Gasteiger partial charge on any atom is -0.480 e. The average molecular weight is 280 g/mol. The summed E-state index contributed by atoms with van der Waals surface area (Å²) in [5.74, 6) is -2.91. The number of carboxylic acid groups (broad SMARTS) is 1. The minimum absolute atomic E-state index is 0.255. The zero-order valence-corrected chi connectivity index (χ0v) is 9.09. The van der Waals surface area contributed by atoms with Crippen molar-refractivity contribution in [2.24, 2.45) is 5.73 Å². The van der Waals surface area contributed by atoms with Gasteiger partial charge in [-0.1, -0.05) is 15.9 Å². The van der Waals surface area contributed by atoms with Gasteiger partial charge in [-0.3, -0.25) is 4.79 Å². The molecular weight excluding hydrogens is 272 g/mol. The van der Waals surface area contributed by atoms with Crippen LogP contribution in [0.3, 0.4) is 0 Å². The zero-order chi connectivity index (χ0) is 11.6. The molecule has 3 N–H and O–H groups in total. The van der Waals surface area contributed by atoms with E-state index in [0.29, 0.717) is 0 Å². The molecule has 6 heteroatoms. The summed E-state index contributed by atoms with van der Waals surface area (Å²) in [4.78, 5) is 10.4. The molecule has 0 saturated heterocycles. The SMILES string of the molecule is NC(Cc1c(F)cc(Br)cc1F)C(=O)O. The maximum absolute atomic E-state index is 13.2. The summed E-state index contributed by atoms with van der Waals surface area (Å²) < 4.78 is 26.7. The van der Waals surface area contributed by atoms with Gasteiger partial charge in [0.05, 0.1) is 0 Å². The summed E-state index contributed by atoms with van der Waals surface area (Å²) in [5.41, 5.74) is 4.87. The fourth-order valence-corrected chi connectivity index (χ4v) is 1.48. The molecule has 1 unspecified atom stereocenters. The molecule has 0 aliphatic carbocycles. The van der Waals surface area contributed by atoms with E-state index < -0.39 is 23.6 Å². The number of nitrogens with two attached hydrogens (primary N) is 1. The van der Waals surface area contributed by atoms with Gasteiger partial charge in [-0.25, -0.2) is 8.78 Å². The van der Waals surface area contributed by atoms with Gasteiger partial charge in [-0.2, -0.15) is 0 Å². The third-order valence-corrected chi connectivity index (χ3v) is 2.30. The standard InChI is InChI=1S/C9H8BrF2NO2/c10-4-1-6(11)5(7(12)2-4)3-8(13)9(14)15/h1-2,8H,3,13H2,(H,14,15). The smallest absolute Gasteiger partial charge is 0.320 e. The molecule has 1 aromatic rings. The normalized spacial score (nSPS) is 12.5.